The first-order valence-electron chi connectivity index (χ1n) is 6.80. The molecule has 2 heterocycles. The van der Waals surface area contributed by atoms with Gasteiger partial charge in [0.1, 0.15) is 0 Å². The van der Waals surface area contributed by atoms with Gasteiger partial charge in [0, 0.05) is 18.1 Å². The molecule has 4 aromatic rings. The number of thiazole rings is 1. The fraction of sp³-hybridized carbons (Fsp3) is 0.0625. The molecule has 6 heteroatoms. The molecule has 0 spiro atoms. The smallest absolute Gasteiger partial charge is 0.293 e. The molecule has 4 rings (SSSR count). The molecule has 0 aliphatic carbocycles. The molecule has 5 nitrogen and oxygen atoms in total. The van der Waals surface area contributed by atoms with Crippen LogP contribution < -0.4 is 10.9 Å². The van der Waals surface area contributed by atoms with Crippen molar-refractivity contribution < 1.29 is 0 Å². The molecule has 2 aromatic heterocycles. The summed E-state index contributed by atoms with van der Waals surface area (Å²) in [5, 5.41) is 10.3. The van der Waals surface area contributed by atoms with Crippen LogP contribution in [0.5, 0.6) is 0 Å². The van der Waals surface area contributed by atoms with Gasteiger partial charge in [-0.3, -0.25) is 4.79 Å². The van der Waals surface area contributed by atoms with Gasteiger partial charge in [-0.1, -0.05) is 47.7 Å². The Balaban J connectivity index is 1.83. The topological polar surface area (TPSA) is 59.8 Å². The zero-order valence-electron chi connectivity index (χ0n) is 11.8. The molecule has 0 aliphatic rings. The zero-order valence-corrected chi connectivity index (χ0v) is 12.6. The van der Waals surface area contributed by atoms with Crippen molar-refractivity contribution in [1.82, 2.24) is 14.8 Å². The molecular formula is C16H12N4OS. The van der Waals surface area contributed by atoms with Crippen molar-refractivity contribution in [1.29, 1.82) is 0 Å². The van der Waals surface area contributed by atoms with E-state index in [-0.39, 0.29) is 5.56 Å². The second kappa shape index (κ2) is 4.92. The van der Waals surface area contributed by atoms with Gasteiger partial charge in [0.25, 0.3) is 5.56 Å². The molecule has 0 radical (unpaired) electrons. The SMILES string of the molecule is Cn1ncc2sc(Nc3cccc4ccccc34)nc2c1=O. The van der Waals surface area contributed by atoms with Crippen molar-refractivity contribution in [2.24, 2.45) is 7.05 Å². The van der Waals surface area contributed by atoms with E-state index in [4.69, 9.17) is 0 Å². The lowest BCUT2D eigenvalue weighted by atomic mass is 10.1. The summed E-state index contributed by atoms with van der Waals surface area (Å²) in [5.41, 5.74) is 1.24. The number of hydrogen-bond donors (Lipinski definition) is 1. The highest BCUT2D eigenvalue weighted by Crippen LogP contribution is 2.30. The van der Waals surface area contributed by atoms with E-state index >= 15 is 0 Å². The van der Waals surface area contributed by atoms with Gasteiger partial charge in [-0.2, -0.15) is 5.10 Å². The summed E-state index contributed by atoms with van der Waals surface area (Å²) in [6, 6.07) is 14.2. The summed E-state index contributed by atoms with van der Waals surface area (Å²) in [6.07, 6.45) is 1.67. The van der Waals surface area contributed by atoms with Crippen molar-refractivity contribution in [3.05, 3.63) is 59.0 Å². The number of benzene rings is 2. The number of aromatic nitrogens is 3. The summed E-state index contributed by atoms with van der Waals surface area (Å²) in [7, 11) is 1.62. The van der Waals surface area contributed by atoms with Crippen LogP contribution in [-0.2, 0) is 7.05 Å². The molecule has 0 saturated heterocycles. The van der Waals surface area contributed by atoms with Crippen LogP contribution in [0.15, 0.2) is 53.5 Å². The lowest BCUT2D eigenvalue weighted by molar-refractivity contribution is 0.717. The molecule has 1 N–H and O–H groups in total. The third-order valence-corrected chi connectivity index (χ3v) is 4.43. The second-order valence-electron chi connectivity index (χ2n) is 4.96. The van der Waals surface area contributed by atoms with E-state index in [9.17, 15) is 4.79 Å². The predicted octanol–water partition coefficient (Wildman–Crippen LogP) is 3.29. The highest BCUT2D eigenvalue weighted by Gasteiger charge is 2.10. The van der Waals surface area contributed by atoms with Gasteiger partial charge < -0.3 is 5.32 Å². The molecule has 0 saturated carbocycles. The molecule has 0 fully saturated rings. The van der Waals surface area contributed by atoms with E-state index < -0.39 is 0 Å². The Morgan fingerprint density at radius 1 is 1.14 bits per heavy atom. The van der Waals surface area contributed by atoms with Gasteiger partial charge >= 0.3 is 0 Å². The maximum Gasteiger partial charge on any atom is 0.293 e. The molecule has 0 bridgehead atoms. The van der Waals surface area contributed by atoms with Crippen molar-refractivity contribution in [3.8, 4) is 0 Å². The summed E-state index contributed by atoms with van der Waals surface area (Å²) in [5.74, 6) is 0. The van der Waals surface area contributed by atoms with Crippen LogP contribution in [0.4, 0.5) is 10.8 Å². The quantitative estimate of drug-likeness (QED) is 0.617. The number of hydrogen-bond acceptors (Lipinski definition) is 5. The monoisotopic (exact) mass is 308 g/mol. The average molecular weight is 308 g/mol. The maximum atomic E-state index is 12.0. The molecule has 0 unspecified atom stereocenters. The third-order valence-electron chi connectivity index (χ3n) is 3.53. The van der Waals surface area contributed by atoms with Crippen LogP contribution in [0, 0.1) is 0 Å². The first-order chi connectivity index (χ1) is 10.7. The van der Waals surface area contributed by atoms with Gasteiger partial charge in [0.2, 0.25) is 0 Å². The molecule has 2 aromatic carbocycles. The molecule has 22 heavy (non-hydrogen) atoms. The highest BCUT2D eigenvalue weighted by atomic mass is 32.1. The minimum absolute atomic E-state index is 0.181. The third kappa shape index (κ3) is 2.05. The first-order valence-corrected chi connectivity index (χ1v) is 7.62. The van der Waals surface area contributed by atoms with Crippen molar-refractivity contribution in [3.63, 3.8) is 0 Å². The van der Waals surface area contributed by atoms with Gasteiger partial charge in [-0.25, -0.2) is 9.67 Å². The fourth-order valence-electron chi connectivity index (χ4n) is 2.42. The summed E-state index contributed by atoms with van der Waals surface area (Å²) >= 11 is 1.43. The van der Waals surface area contributed by atoms with E-state index in [1.54, 1.807) is 13.2 Å². The second-order valence-corrected chi connectivity index (χ2v) is 5.99. The Hall–Kier alpha value is -2.73. The zero-order chi connectivity index (χ0) is 15.1. The van der Waals surface area contributed by atoms with Crippen molar-refractivity contribution in [2.75, 3.05) is 5.32 Å². The minimum atomic E-state index is -0.181. The summed E-state index contributed by atoms with van der Waals surface area (Å²) in [6.45, 7) is 0. The Morgan fingerprint density at radius 2 is 1.95 bits per heavy atom. The normalized spacial score (nSPS) is 11.1. The van der Waals surface area contributed by atoms with Crippen LogP contribution in [0.1, 0.15) is 0 Å². The number of nitrogens with zero attached hydrogens (tertiary/aromatic N) is 3. The van der Waals surface area contributed by atoms with E-state index in [1.807, 2.05) is 24.3 Å². The lowest BCUT2D eigenvalue weighted by Crippen LogP contribution is -2.18. The number of aryl methyl sites for hydroxylation is 1. The van der Waals surface area contributed by atoms with E-state index in [1.165, 1.54) is 16.0 Å². The van der Waals surface area contributed by atoms with Crippen LogP contribution in [0.2, 0.25) is 0 Å². The van der Waals surface area contributed by atoms with Gasteiger partial charge in [-0.15, -0.1) is 0 Å². The van der Waals surface area contributed by atoms with Crippen molar-refractivity contribution in [2.45, 2.75) is 0 Å². The standard InChI is InChI=1S/C16H12N4OS/c1-20-15(21)14-13(9-17-20)22-16(19-14)18-12-8-4-6-10-5-2-3-7-11(10)12/h2-9H,1H3,(H,18,19). The van der Waals surface area contributed by atoms with Crippen LogP contribution in [-0.4, -0.2) is 14.8 Å². The number of fused-ring (bicyclic) bond motifs is 2. The van der Waals surface area contributed by atoms with E-state index in [0.717, 1.165) is 21.2 Å². The van der Waals surface area contributed by atoms with Crippen LogP contribution in [0.3, 0.4) is 0 Å². The largest absolute Gasteiger partial charge is 0.331 e. The number of rotatable bonds is 2. The van der Waals surface area contributed by atoms with Crippen LogP contribution >= 0.6 is 11.3 Å². The number of anilines is 2. The molecular weight excluding hydrogens is 296 g/mol. The Morgan fingerprint density at radius 3 is 2.86 bits per heavy atom. The lowest BCUT2D eigenvalue weighted by Gasteiger charge is -2.06. The Kier molecular flexibility index (Phi) is 2.90. The summed E-state index contributed by atoms with van der Waals surface area (Å²) < 4.78 is 2.08. The van der Waals surface area contributed by atoms with E-state index in [0.29, 0.717) is 10.6 Å². The van der Waals surface area contributed by atoms with E-state index in [2.05, 4.69) is 33.6 Å². The average Bonchev–Trinajstić information content (AvgIpc) is 2.95. The number of nitrogens with one attached hydrogen (secondary N) is 1. The van der Waals surface area contributed by atoms with Gasteiger partial charge in [0.15, 0.2) is 10.6 Å². The minimum Gasteiger partial charge on any atom is -0.331 e. The summed E-state index contributed by atoms with van der Waals surface area (Å²) in [4.78, 5) is 16.4. The van der Waals surface area contributed by atoms with Crippen molar-refractivity contribution >= 4 is 43.1 Å². The molecule has 0 amide bonds. The van der Waals surface area contributed by atoms with Crippen LogP contribution in [0.25, 0.3) is 21.0 Å². The Labute approximate surface area is 129 Å². The highest BCUT2D eigenvalue weighted by molar-refractivity contribution is 7.22. The predicted molar refractivity (Wildman–Crippen MR) is 89.9 cm³/mol. The van der Waals surface area contributed by atoms with Gasteiger partial charge in [-0.05, 0) is 11.5 Å². The Bertz CT molecular complexity index is 1050. The first kappa shape index (κ1) is 13.0. The molecule has 0 aliphatic heterocycles. The fourth-order valence-corrected chi connectivity index (χ4v) is 3.26. The van der Waals surface area contributed by atoms with Gasteiger partial charge in [0.05, 0.1) is 10.9 Å². The molecule has 108 valence electrons. The molecule has 0 atom stereocenters. The maximum absolute atomic E-state index is 12.0.